The summed E-state index contributed by atoms with van der Waals surface area (Å²) in [4.78, 5) is 15.1. The van der Waals surface area contributed by atoms with Crippen molar-refractivity contribution < 1.29 is 0 Å². The first kappa shape index (κ1) is 21.6. The van der Waals surface area contributed by atoms with Crippen molar-refractivity contribution in [1.82, 2.24) is 25.4 Å². The van der Waals surface area contributed by atoms with Crippen LogP contribution < -0.4 is 10.6 Å². The number of aromatic nitrogens is 1. The number of nitrogens with one attached hydrogen (secondary N) is 2. The van der Waals surface area contributed by atoms with Crippen LogP contribution in [-0.2, 0) is 6.54 Å². The first-order valence-electron chi connectivity index (χ1n) is 8.29. The van der Waals surface area contributed by atoms with Crippen LogP contribution in [0.4, 0.5) is 0 Å². The number of thiazole rings is 1. The van der Waals surface area contributed by atoms with E-state index in [-0.39, 0.29) is 24.0 Å². The molecule has 1 unspecified atom stereocenters. The van der Waals surface area contributed by atoms with Gasteiger partial charge < -0.3 is 15.5 Å². The average Bonchev–Trinajstić information content (AvgIpc) is 2.86. The topological polar surface area (TPSA) is 55.8 Å². The van der Waals surface area contributed by atoms with Gasteiger partial charge in [0.15, 0.2) is 5.96 Å². The van der Waals surface area contributed by atoms with E-state index < -0.39 is 0 Å². The van der Waals surface area contributed by atoms with Crippen molar-refractivity contribution in [3.8, 4) is 0 Å². The lowest BCUT2D eigenvalue weighted by atomic mass is 10.2. The summed E-state index contributed by atoms with van der Waals surface area (Å²) in [6, 6.07) is 0.506. The molecule has 1 aliphatic heterocycles. The Morgan fingerprint density at radius 1 is 1.25 bits per heavy atom. The van der Waals surface area contributed by atoms with Gasteiger partial charge in [0.05, 0.1) is 12.2 Å². The summed E-state index contributed by atoms with van der Waals surface area (Å²) in [6.45, 7) is 12.7. The predicted molar refractivity (Wildman–Crippen MR) is 114 cm³/mol. The predicted octanol–water partition coefficient (Wildman–Crippen LogP) is 1.68. The summed E-state index contributed by atoms with van der Waals surface area (Å²) in [5.74, 6) is 0.844. The molecule has 0 saturated carbocycles. The number of rotatable bonds is 5. The van der Waals surface area contributed by atoms with Gasteiger partial charge in [-0.15, -0.1) is 35.3 Å². The number of guanidine groups is 1. The van der Waals surface area contributed by atoms with Crippen LogP contribution in [0.2, 0.25) is 0 Å². The molecule has 1 aromatic heterocycles. The van der Waals surface area contributed by atoms with E-state index in [1.807, 2.05) is 7.05 Å². The number of aryl methyl sites for hydroxylation is 2. The third kappa shape index (κ3) is 6.45. The Labute approximate surface area is 167 Å². The lowest BCUT2D eigenvalue weighted by Crippen LogP contribution is -2.52. The monoisotopic (exact) mass is 466 g/mol. The highest BCUT2D eigenvalue weighted by molar-refractivity contribution is 14.0. The van der Waals surface area contributed by atoms with Crippen LogP contribution in [0.1, 0.15) is 22.5 Å². The van der Waals surface area contributed by atoms with Gasteiger partial charge in [0.2, 0.25) is 0 Å². The zero-order valence-electron chi connectivity index (χ0n) is 15.4. The number of piperazine rings is 1. The van der Waals surface area contributed by atoms with E-state index in [0.29, 0.717) is 6.04 Å². The van der Waals surface area contributed by atoms with Gasteiger partial charge in [0.25, 0.3) is 0 Å². The quantitative estimate of drug-likeness (QED) is 0.393. The Morgan fingerprint density at radius 3 is 2.46 bits per heavy atom. The van der Waals surface area contributed by atoms with Crippen LogP contribution in [0.3, 0.4) is 0 Å². The average molecular weight is 466 g/mol. The highest BCUT2D eigenvalue weighted by Gasteiger charge is 2.19. The maximum absolute atomic E-state index is 4.55. The van der Waals surface area contributed by atoms with Crippen LogP contribution in [0.15, 0.2) is 4.99 Å². The Bertz CT molecular complexity index is 505. The summed E-state index contributed by atoms with van der Waals surface area (Å²) in [5, 5.41) is 7.89. The molecule has 2 N–H and O–H groups in total. The van der Waals surface area contributed by atoms with Crippen molar-refractivity contribution in [3.63, 3.8) is 0 Å². The molecule has 6 nitrogen and oxygen atoms in total. The molecule has 1 atom stereocenters. The summed E-state index contributed by atoms with van der Waals surface area (Å²) in [7, 11) is 4.00. The number of hydrogen-bond acceptors (Lipinski definition) is 5. The van der Waals surface area contributed by atoms with Gasteiger partial charge in [0, 0.05) is 50.7 Å². The second-order valence-electron chi connectivity index (χ2n) is 6.24. The highest BCUT2D eigenvalue weighted by atomic mass is 127. The fraction of sp³-hybridized carbons (Fsp3) is 0.750. The molecule has 0 bridgehead atoms. The fourth-order valence-electron chi connectivity index (χ4n) is 2.63. The first-order valence-corrected chi connectivity index (χ1v) is 9.11. The molecule has 2 heterocycles. The van der Waals surface area contributed by atoms with Gasteiger partial charge in [-0.05, 0) is 27.8 Å². The standard InChI is InChI=1S/C16H30N6S.HI/c1-12(22-8-6-21(5)7-9-22)10-18-16(17-4)19-11-15-20-13(2)14(3)23-15;/h12H,6-11H2,1-5H3,(H2,17,18,19);1H. The lowest BCUT2D eigenvalue weighted by molar-refractivity contribution is 0.120. The van der Waals surface area contributed by atoms with Gasteiger partial charge >= 0.3 is 0 Å². The van der Waals surface area contributed by atoms with E-state index >= 15 is 0 Å². The summed E-state index contributed by atoms with van der Waals surface area (Å²) < 4.78 is 0. The summed E-state index contributed by atoms with van der Waals surface area (Å²) in [6.07, 6.45) is 0. The molecule has 0 spiro atoms. The molecule has 1 aromatic rings. The molecule has 8 heteroatoms. The highest BCUT2D eigenvalue weighted by Crippen LogP contribution is 2.15. The van der Waals surface area contributed by atoms with Crippen molar-refractivity contribution in [2.45, 2.75) is 33.4 Å². The zero-order valence-corrected chi connectivity index (χ0v) is 18.6. The first-order chi connectivity index (χ1) is 11.0. The number of halogens is 1. The van der Waals surface area contributed by atoms with Gasteiger partial charge in [-0.2, -0.15) is 0 Å². The number of aliphatic imine (C=N–C) groups is 1. The number of nitrogens with zero attached hydrogens (tertiary/aromatic N) is 4. The van der Waals surface area contributed by atoms with E-state index in [9.17, 15) is 0 Å². The second kappa shape index (κ2) is 10.5. The Balaban J connectivity index is 0.00000288. The zero-order chi connectivity index (χ0) is 16.8. The molecule has 1 aliphatic rings. The maximum atomic E-state index is 4.55. The molecule has 1 fully saturated rings. The SMILES string of the molecule is CN=C(NCc1nc(C)c(C)s1)NCC(C)N1CCN(C)CC1.I. The van der Waals surface area contributed by atoms with Crippen molar-refractivity contribution >= 4 is 41.3 Å². The van der Waals surface area contributed by atoms with Crippen LogP contribution >= 0.6 is 35.3 Å². The molecule has 2 rings (SSSR count). The van der Waals surface area contributed by atoms with Gasteiger partial charge in [-0.1, -0.05) is 0 Å². The van der Waals surface area contributed by atoms with E-state index in [2.05, 4.69) is 58.2 Å². The van der Waals surface area contributed by atoms with Gasteiger partial charge in [-0.25, -0.2) is 4.98 Å². The van der Waals surface area contributed by atoms with Crippen LogP contribution in [-0.4, -0.2) is 73.6 Å². The van der Waals surface area contributed by atoms with E-state index in [4.69, 9.17) is 0 Å². The normalized spacial score (nSPS) is 18.1. The largest absolute Gasteiger partial charge is 0.355 e. The van der Waals surface area contributed by atoms with Gasteiger partial charge in [0.1, 0.15) is 5.01 Å². The van der Waals surface area contributed by atoms with Gasteiger partial charge in [-0.3, -0.25) is 9.89 Å². The second-order valence-corrected chi connectivity index (χ2v) is 7.53. The van der Waals surface area contributed by atoms with E-state index in [1.165, 1.54) is 4.88 Å². The molecule has 24 heavy (non-hydrogen) atoms. The Morgan fingerprint density at radius 2 is 1.92 bits per heavy atom. The van der Waals surface area contributed by atoms with E-state index in [0.717, 1.165) is 55.9 Å². The van der Waals surface area contributed by atoms with Crippen molar-refractivity contribution in [2.75, 3.05) is 46.8 Å². The van der Waals surface area contributed by atoms with Crippen LogP contribution in [0.5, 0.6) is 0 Å². The summed E-state index contributed by atoms with van der Waals surface area (Å²) in [5.41, 5.74) is 1.12. The van der Waals surface area contributed by atoms with Crippen LogP contribution in [0.25, 0.3) is 0 Å². The third-order valence-electron chi connectivity index (χ3n) is 4.43. The molecule has 138 valence electrons. The molecule has 0 aliphatic carbocycles. The summed E-state index contributed by atoms with van der Waals surface area (Å²) >= 11 is 1.74. The maximum Gasteiger partial charge on any atom is 0.191 e. The van der Waals surface area contributed by atoms with Crippen molar-refractivity contribution in [1.29, 1.82) is 0 Å². The van der Waals surface area contributed by atoms with Crippen LogP contribution in [0, 0.1) is 13.8 Å². The fourth-order valence-corrected chi connectivity index (χ4v) is 3.50. The minimum Gasteiger partial charge on any atom is -0.355 e. The molecule has 0 radical (unpaired) electrons. The smallest absolute Gasteiger partial charge is 0.191 e. The van der Waals surface area contributed by atoms with Crippen molar-refractivity contribution in [2.24, 2.45) is 4.99 Å². The third-order valence-corrected chi connectivity index (χ3v) is 5.50. The Hall–Kier alpha value is -0.450. The van der Waals surface area contributed by atoms with Crippen molar-refractivity contribution in [3.05, 3.63) is 15.6 Å². The molecular formula is C16H31IN6S. The molecule has 0 aromatic carbocycles. The molecule has 0 amide bonds. The number of likely N-dealkylation sites (N-methyl/N-ethyl adjacent to an activating group) is 1. The lowest BCUT2D eigenvalue weighted by Gasteiger charge is -2.36. The molecule has 1 saturated heterocycles. The minimum absolute atomic E-state index is 0. The van der Waals surface area contributed by atoms with E-state index in [1.54, 1.807) is 11.3 Å². The minimum atomic E-state index is 0. The molecular weight excluding hydrogens is 435 g/mol. The Kier molecular flexibility index (Phi) is 9.47. The number of hydrogen-bond donors (Lipinski definition) is 2.